The van der Waals surface area contributed by atoms with Crippen LogP contribution in [-0.4, -0.2) is 36.9 Å². The van der Waals surface area contributed by atoms with E-state index in [1.54, 1.807) is 10.8 Å². The van der Waals surface area contributed by atoms with Crippen molar-refractivity contribution in [2.45, 2.75) is 32.0 Å². The van der Waals surface area contributed by atoms with Crippen LogP contribution in [0.3, 0.4) is 0 Å². The molecule has 1 amide bonds. The van der Waals surface area contributed by atoms with E-state index in [1.807, 2.05) is 61.5 Å². The molecule has 166 valence electrons. The van der Waals surface area contributed by atoms with Gasteiger partial charge in [0.25, 0.3) is 5.91 Å². The highest BCUT2D eigenvalue weighted by Crippen LogP contribution is 2.34. The van der Waals surface area contributed by atoms with Crippen molar-refractivity contribution in [1.82, 2.24) is 25.1 Å². The van der Waals surface area contributed by atoms with E-state index in [9.17, 15) is 9.90 Å². The van der Waals surface area contributed by atoms with Gasteiger partial charge in [-0.25, -0.2) is 14.6 Å². The van der Waals surface area contributed by atoms with Gasteiger partial charge < -0.3 is 16.2 Å². The third-order valence-electron chi connectivity index (χ3n) is 5.94. The highest BCUT2D eigenvalue weighted by atomic mass is 16.3. The molecule has 1 aliphatic rings. The Morgan fingerprint density at radius 1 is 1.15 bits per heavy atom. The predicted molar refractivity (Wildman–Crippen MR) is 126 cm³/mol. The van der Waals surface area contributed by atoms with Crippen LogP contribution < -0.4 is 11.1 Å². The molecular formula is C25H24N6O2. The Hall–Kier alpha value is -4.04. The Bertz CT molecular complexity index is 1360. The number of aromatic nitrogens is 4. The number of nitrogens with one attached hydrogen (secondary N) is 1. The molecule has 2 aromatic carbocycles. The minimum absolute atomic E-state index is 0.0959. The standard InChI is InChI=1S/C25H24N6O2/c1-15-4-2-3-5-20(15)25(33)27-13-16-6-8-17(9-7-16)22-21-23(26)28-14-29-24(21)31(30-22)18-10-11-19(32)12-18/h2-11,14,18-19,32H,12-13H2,1H3,(H,27,33)(H2,26,28,29)/t18-,19+/m0/s1. The number of carbonyl (C=O) groups excluding carboxylic acids is 1. The number of carbonyl (C=O) groups is 1. The average molecular weight is 441 g/mol. The monoisotopic (exact) mass is 440 g/mol. The molecule has 0 fully saturated rings. The van der Waals surface area contributed by atoms with E-state index in [0.29, 0.717) is 41.1 Å². The van der Waals surface area contributed by atoms with Gasteiger partial charge in [-0.2, -0.15) is 5.10 Å². The lowest BCUT2D eigenvalue weighted by Gasteiger charge is -2.10. The average Bonchev–Trinajstić information content (AvgIpc) is 3.42. The zero-order chi connectivity index (χ0) is 22.9. The predicted octanol–water partition coefficient (Wildman–Crippen LogP) is 3.18. The lowest BCUT2D eigenvalue weighted by molar-refractivity contribution is 0.0950. The number of anilines is 1. The molecule has 8 nitrogen and oxygen atoms in total. The van der Waals surface area contributed by atoms with Crippen molar-refractivity contribution in [1.29, 1.82) is 0 Å². The number of aliphatic hydroxyl groups excluding tert-OH is 1. The Kier molecular flexibility index (Phi) is 5.35. The smallest absolute Gasteiger partial charge is 0.251 e. The van der Waals surface area contributed by atoms with Crippen LogP contribution in [0.25, 0.3) is 22.3 Å². The van der Waals surface area contributed by atoms with Gasteiger partial charge in [0.15, 0.2) is 5.65 Å². The van der Waals surface area contributed by atoms with Crippen LogP contribution in [0.15, 0.2) is 67.0 Å². The zero-order valence-corrected chi connectivity index (χ0v) is 18.1. The normalized spacial score (nSPS) is 17.5. The van der Waals surface area contributed by atoms with Crippen molar-refractivity contribution in [2.24, 2.45) is 0 Å². The summed E-state index contributed by atoms with van der Waals surface area (Å²) in [4.78, 5) is 21.0. The first-order chi connectivity index (χ1) is 16.0. The fourth-order valence-corrected chi connectivity index (χ4v) is 4.16. The summed E-state index contributed by atoms with van der Waals surface area (Å²) in [5.41, 5.74) is 11.0. The Morgan fingerprint density at radius 3 is 2.67 bits per heavy atom. The Balaban J connectivity index is 1.40. The maximum Gasteiger partial charge on any atom is 0.251 e. The van der Waals surface area contributed by atoms with Gasteiger partial charge in [-0.05, 0) is 24.1 Å². The first-order valence-corrected chi connectivity index (χ1v) is 10.8. The number of benzene rings is 2. The van der Waals surface area contributed by atoms with E-state index in [0.717, 1.165) is 16.7 Å². The maximum atomic E-state index is 12.5. The first-order valence-electron chi connectivity index (χ1n) is 10.8. The molecule has 0 spiro atoms. The summed E-state index contributed by atoms with van der Waals surface area (Å²) >= 11 is 0. The summed E-state index contributed by atoms with van der Waals surface area (Å²) in [6.45, 7) is 2.34. The Morgan fingerprint density at radius 2 is 1.94 bits per heavy atom. The molecule has 0 aliphatic heterocycles. The number of nitrogens with two attached hydrogens (primary N) is 1. The van der Waals surface area contributed by atoms with Crippen molar-refractivity contribution in [2.75, 3.05) is 5.73 Å². The van der Waals surface area contributed by atoms with E-state index < -0.39 is 6.10 Å². The minimum Gasteiger partial charge on any atom is -0.389 e. The lowest BCUT2D eigenvalue weighted by Crippen LogP contribution is -2.23. The van der Waals surface area contributed by atoms with Crippen LogP contribution in [-0.2, 0) is 6.54 Å². The van der Waals surface area contributed by atoms with Gasteiger partial charge in [0.1, 0.15) is 17.8 Å². The number of rotatable bonds is 5. The SMILES string of the molecule is Cc1ccccc1C(=O)NCc1ccc(-c2nn([C@H]3C=C[C@@H](O)C3)c3ncnc(N)c23)cc1. The van der Waals surface area contributed by atoms with Crippen LogP contribution in [0.2, 0.25) is 0 Å². The van der Waals surface area contributed by atoms with Gasteiger partial charge >= 0.3 is 0 Å². The van der Waals surface area contributed by atoms with Gasteiger partial charge in [-0.15, -0.1) is 0 Å². The second kappa shape index (κ2) is 8.48. The summed E-state index contributed by atoms with van der Waals surface area (Å²) < 4.78 is 1.80. The summed E-state index contributed by atoms with van der Waals surface area (Å²) in [6.07, 6.45) is 5.17. The highest BCUT2D eigenvalue weighted by Gasteiger charge is 2.25. The molecule has 2 heterocycles. The molecule has 4 N–H and O–H groups in total. The number of fused-ring (bicyclic) bond motifs is 1. The van der Waals surface area contributed by atoms with Crippen molar-refractivity contribution in [3.63, 3.8) is 0 Å². The molecule has 2 aromatic heterocycles. The molecule has 33 heavy (non-hydrogen) atoms. The van der Waals surface area contributed by atoms with Gasteiger partial charge in [-0.1, -0.05) is 54.6 Å². The molecule has 0 unspecified atom stereocenters. The van der Waals surface area contributed by atoms with E-state index in [-0.39, 0.29) is 11.9 Å². The molecule has 0 saturated carbocycles. The van der Waals surface area contributed by atoms with E-state index in [1.165, 1.54) is 6.33 Å². The number of aryl methyl sites for hydroxylation is 1. The van der Waals surface area contributed by atoms with E-state index in [4.69, 9.17) is 10.8 Å². The molecule has 4 aromatic rings. The van der Waals surface area contributed by atoms with Crippen LogP contribution in [0.1, 0.15) is 33.9 Å². The highest BCUT2D eigenvalue weighted by molar-refractivity contribution is 5.98. The quantitative estimate of drug-likeness (QED) is 0.410. The zero-order valence-electron chi connectivity index (χ0n) is 18.1. The second-order valence-electron chi connectivity index (χ2n) is 8.20. The van der Waals surface area contributed by atoms with Crippen LogP contribution in [0.4, 0.5) is 5.82 Å². The van der Waals surface area contributed by atoms with Crippen molar-refractivity contribution < 1.29 is 9.90 Å². The number of hydrogen-bond acceptors (Lipinski definition) is 6. The molecule has 8 heteroatoms. The van der Waals surface area contributed by atoms with Gasteiger partial charge in [-0.3, -0.25) is 4.79 Å². The maximum absolute atomic E-state index is 12.5. The number of hydrogen-bond donors (Lipinski definition) is 3. The molecule has 1 aliphatic carbocycles. The van der Waals surface area contributed by atoms with Crippen molar-refractivity contribution in [3.05, 3.63) is 83.7 Å². The number of amides is 1. The number of nitrogens with zero attached hydrogens (tertiary/aromatic N) is 4. The fourth-order valence-electron chi connectivity index (χ4n) is 4.16. The lowest BCUT2D eigenvalue weighted by atomic mass is 10.1. The van der Waals surface area contributed by atoms with Crippen LogP contribution >= 0.6 is 0 Å². The molecule has 0 radical (unpaired) electrons. The summed E-state index contributed by atoms with van der Waals surface area (Å²) in [6, 6.07) is 15.2. The number of nitrogen functional groups attached to an aromatic ring is 1. The third-order valence-corrected chi connectivity index (χ3v) is 5.94. The molecule has 0 bridgehead atoms. The Labute approximate surface area is 190 Å². The number of aliphatic hydroxyl groups is 1. The topological polar surface area (TPSA) is 119 Å². The molecule has 5 rings (SSSR count). The van der Waals surface area contributed by atoms with Crippen molar-refractivity contribution in [3.8, 4) is 11.3 Å². The van der Waals surface area contributed by atoms with Gasteiger partial charge in [0.05, 0.1) is 17.5 Å². The van der Waals surface area contributed by atoms with E-state index >= 15 is 0 Å². The van der Waals surface area contributed by atoms with Crippen LogP contribution in [0.5, 0.6) is 0 Å². The van der Waals surface area contributed by atoms with E-state index in [2.05, 4.69) is 15.3 Å². The second-order valence-corrected chi connectivity index (χ2v) is 8.20. The fraction of sp³-hybridized carbons (Fsp3) is 0.200. The summed E-state index contributed by atoms with van der Waals surface area (Å²) in [5.74, 6) is 0.261. The van der Waals surface area contributed by atoms with Gasteiger partial charge in [0.2, 0.25) is 0 Å². The van der Waals surface area contributed by atoms with Crippen molar-refractivity contribution >= 4 is 22.8 Å². The summed E-state index contributed by atoms with van der Waals surface area (Å²) in [5, 5.41) is 18.4. The largest absolute Gasteiger partial charge is 0.389 e. The molecule has 2 atom stereocenters. The third kappa shape index (κ3) is 3.96. The summed E-state index contributed by atoms with van der Waals surface area (Å²) in [7, 11) is 0. The molecule has 0 saturated heterocycles. The van der Waals surface area contributed by atoms with Crippen LogP contribution in [0, 0.1) is 6.92 Å². The minimum atomic E-state index is -0.494. The number of allylic oxidation sites excluding steroid dienone is 1. The van der Waals surface area contributed by atoms with Gasteiger partial charge in [0, 0.05) is 24.1 Å². The first kappa shape index (κ1) is 20.8. The molecular weight excluding hydrogens is 416 g/mol.